The van der Waals surface area contributed by atoms with Gasteiger partial charge in [0.1, 0.15) is 0 Å². The lowest BCUT2D eigenvalue weighted by Gasteiger charge is -2.33. The van der Waals surface area contributed by atoms with E-state index in [0.29, 0.717) is 19.5 Å². The first-order chi connectivity index (χ1) is 19.2. The van der Waals surface area contributed by atoms with Gasteiger partial charge in [0.2, 0.25) is 5.91 Å². The fourth-order valence-electron chi connectivity index (χ4n) is 4.96. The van der Waals surface area contributed by atoms with Gasteiger partial charge in [-0.1, -0.05) is 135 Å². The number of hydrogen-bond acceptors (Lipinski definition) is 3. The summed E-state index contributed by atoms with van der Waals surface area (Å²) in [5, 5.41) is 8.11. The average molecular weight is 555 g/mol. The molecule has 4 aromatic rings. The van der Waals surface area contributed by atoms with Gasteiger partial charge in [-0.3, -0.25) is 9.46 Å². The SMILES string of the molecule is CCCCNC(=O)[C@@H]1C[C@H](OP(c2ccccc2)c2ccccc2)CN1P(c1ccccc1)c1ccccc1. The summed E-state index contributed by atoms with van der Waals surface area (Å²) in [6, 6.07) is 42.0. The Labute approximate surface area is 235 Å². The van der Waals surface area contributed by atoms with Crippen LogP contribution in [0.1, 0.15) is 26.2 Å². The van der Waals surface area contributed by atoms with E-state index in [4.69, 9.17) is 4.52 Å². The van der Waals surface area contributed by atoms with Crippen LogP contribution < -0.4 is 26.5 Å². The Morgan fingerprint density at radius 2 is 1.23 bits per heavy atom. The Balaban J connectivity index is 1.48. The van der Waals surface area contributed by atoms with Gasteiger partial charge in [0.15, 0.2) is 0 Å². The van der Waals surface area contributed by atoms with Crippen molar-refractivity contribution in [3.8, 4) is 0 Å². The number of benzene rings is 4. The maximum atomic E-state index is 13.7. The Hall–Kier alpha value is -2.87. The number of rotatable bonds is 11. The summed E-state index contributed by atoms with van der Waals surface area (Å²) in [6.45, 7) is 3.57. The van der Waals surface area contributed by atoms with Crippen LogP contribution in [0.5, 0.6) is 0 Å². The van der Waals surface area contributed by atoms with Crippen LogP contribution >= 0.6 is 16.2 Å². The second kappa shape index (κ2) is 14.0. The highest BCUT2D eigenvalue weighted by atomic mass is 31.1. The summed E-state index contributed by atoms with van der Waals surface area (Å²) in [7, 11) is -1.91. The summed E-state index contributed by atoms with van der Waals surface area (Å²) >= 11 is 0. The van der Waals surface area contributed by atoms with Gasteiger partial charge < -0.3 is 9.84 Å². The lowest BCUT2D eigenvalue weighted by Crippen LogP contribution is -2.43. The van der Waals surface area contributed by atoms with Gasteiger partial charge in [-0.05, 0) is 23.5 Å². The van der Waals surface area contributed by atoms with Gasteiger partial charge in [-0.2, -0.15) is 0 Å². The van der Waals surface area contributed by atoms with Crippen LogP contribution in [0.25, 0.3) is 0 Å². The van der Waals surface area contributed by atoms with Crippen LogP contribution in [0, 0.1) is 0 Å². The Bertz CT molecular complexity index is 1210. The first kappa shape index (κ1) is 27.7. The smallest absolute Gasteiger partial charge is 0.237 e. The average Bonchev–Trinajstić information content (AvgIpc) is 3.41. The largest absolute Gasteiger partial charge is 0.355 e. The van der Waals surface area contributed by atoms with E-state index < -0.39 is 16.2 Å². The van der Waals surface area contributed by atoms with Gasteiger partial charge >= 0.3 is 0 Å². The molecular weight excluding hydrogens is 518 g/mol. The fraction of sp³-hybridized carbons (Fsp3) is 0.242. The molecule has 4 aromatic carbocycles. The minimum Gasteiger partial charge on any atom is -0.355 e. The fourth-order valence-corrected chi connectivity index (χ4v) is 9.46. The highest BCUT2D eigenvalue weighted by Gasteiger charge is 2.43. The van der Waals surface area contributed by atoms with E-state index in [1.807, 2.05) is 12.1 Å². The second-order valence-corrected chi connectivity index (χ2v) is 13.7. The predicted octanol–water partition coefficient (Wildman–Crippen LogP) is 5.46. The van der Waals surface area contributed by atoms with Crippen LogP contribution in [-0.2, 0) is 9.32 Å². The van der Waals surface area contributed by atoms with Gasteiger partial charge in [-0.25, -0.2) is 0 Å². The molecular formula is C33H36N2O2P2. The Morgan fingerprint density at radius 3 is 1.69 bits per heavy atom. The summed E-state index contributed by atoms with van der Waals surface area (Å²) in [5.41, 5.74) is 0. The maximum Gasteiger partial charge on any atom is 0.237 e. The van der Waals surface area contributed by atoms with Crippen molar-refractivity contribution < 1.29 is 9.32 Å². The summed E-state index contributed by atoms with van der Waals surface area (Å²) < 4.78 is 9.42. The van der Waals surface area contributed by atoms with Crippen molar-refractivity contribution in [2.24, 2.45) is 0 Å². The molecule has 0 spiro atoms. The molecule has 39 heavy (non-hydrogen) atoms. The summed E-state index contributed by atoms with van der Waals surface area (Å²) in [4.78, 5) is 13.7. The number of amides is 1. The van der Waals surface area contributed by atoms with Gasteiger partial charge in [0.05, 0.1) is 20.3 Å². The van der Waals surface area contributed by atoms with Gasteiger partial charge in [0, 0.05) is 31.8 Å². The molecule has 1 N–H and O–H groups in total. The van der Waals surface area contributed by atoms with E-state index >= 15 is 0 Å². The number of carbonyl (C=O) groups is 1. The Morgan fingerprint density at radius 1 is 0.769 bits per heavy atom. The highest BCUT2D eigenvalue weighted by molar-refractivity contribution is 7.71. The molecule has 1 aliphatic rings. The van der Waals surface area contributed by atoms with E-state index in [2.05, 4.69) is 126 Å². The molecule has 0 bridgehead atoms. The third kappa shape index (κ3) is 7.02. The molecule has 5 rings (SSSR count). The lowest BCUT2D eigenvalue weighted by molar-refractivity contribution is -0.124. The molecule has 0 aromatic heterocycles. The highest BCUT2D eigenvalue weighted by Crippen LogP contribution is 2.47. The van der Waals surface area contributed by atoms with E-state index in [-0.39, 0.29) is 18.1 Å². The van der Waals surface area contributed by atoms with Crippen molar-refractivity contribution in [2.75, 3.05) is 13.1 Å². The van der Waals surface area contributed by atoms with Crippen molar-refractivity contribution in [2.45, 2.75) is 38.3 Å². The zero-order chi connectivity index (χ0) is 26.9. The minimum atomic E-state index is -1.01. The van der Waals surface area contributed by atoms with Crippen molar-refractivity contribution >= 4 is 43.3 Å². The quantitative estimate of drug-likeness (QED) is 0.198. The Kier molecular flexibility index (Phi) is 9.92. The lowest BCUT2D eigenvalue weighted by atomic mass is 10.2. The van der Waals surface area contributed by atoms with Crippen LogP contribution in [0.3, 0.4) is 0 Å². The van der Waals surface area contributed by atoms with Crippen LogP contribution in [0.15, 0.2) is 121 Å². The molecule has 0 radical (unpaired) electrons. The number of carbonyl (C=O) groups excluding carboxylic acids is 1. The standard InChI is InChI=1S/C33H36N2O2P2/c1-2-3-24-34-33(36)32-25-27(37-39(30-20-12-6-13-21-30)31-22-14-7-15-23-31)26-35(32)38(28-16-8-4-9-17-28)29-18-10-5-11-19-29/h4-23,27,32H,2-3,24-26H2,1H3,(H,34,36)/t27-,32-/m0/s1. The molecule has 2 atom stereocenters. The first-order valence-electron chi connectivity index (χ1n) is 13.8. The zero-order valence-corrected chi connectivity index (χ0v) is 24.2. The molecule has 200 valence electrons. The molecule has 1 saturated heterocycles. The van der Waals surface area contributed by atoms with Crippen LogP contribution in [0.4, 0.5) is 0 Å². The van der Waals surface area contributed by atoms with Crippen LogP contribution in [0.2, 0.25) is 0 Å². The zero-order valence-electron chi connectivity index (χ0n) is 22.4. The predicted molar refractivity (Wildman–Crippen MR) is 166 cm³/mol. The van der Waals surface area contributed by atoms with Crippen molar-refractivity contribution in [1.29, 1.82) is 0 Å². The van der Waals surface area contributed by atoms with Crippen molar-refractivity contribution in [3.05, 3.63) is 121 Å². The second-order valence-electron chi connectivity index (χ2n) is 9.69. The topological polar surface area (TPSA) is 41.6 Å². The van der Waals surface area contributed by atoms with Crippen molar-refractivity contribution in [1.82, 2.24) is 9.99 Å². The third-order valence-electron chi connectivity index (χ3n) is 6.86. The van der Waals surface area contributed by atoms with Gasteiger partial charge in [0.25, 0.3) is 0 Å². The number of nitrogens with zero attached hydrogens (tertiary/aromatic N) is 1. The summed E-state index contributed by atoms with van der Waals surface area (Å²) in [5.74, 6) is 0.109. The number of hydrogen-bond donors (Lipinski definition) is 1. The third-order valence-corrected chi connectivity index (χ3v) is 11.4. The molecule has 6 heteroatoms. The maximum absolute atomic E-state index is 13.7. The number of unbranched alkanes of at least 4 members (excludes halogenated alkanes) is 1. The first-order valence-corrected chi connectivity index (χ1v) is 16.3. The summed E-state index contributed by atoms with van der Waals surface area (Å²) in [6.07, 6.45) is 2.66. The molecule has 0 unspecified atom stereocenters. The van der Waals surface area contributed by atoms with Gasteiger partial charge in [-0.15, -0.1) is 0 Å². The molecule has 4 nitrogen and oxygen atoms in total. The molecule has 1 heterocycles. The number of nitrogens with one attached hydrogen (secondary N) is 1. The monoisotopic (exact) mass is 554 g/mol. The molecule has 1 aliphatic heterocycles. The van der Waals surface area contributed by atoms with Crippen LogP contribution in [-0.4, -0.2) is 35.8 Å². The van der Waals surface area contributed by atoms with Crippen molar-refractivity contribution in [3.63, 3.8) is 0 Å². The minimum absolute atomic E-state index is 0.0594. The van der Waals surface area contributed by atoms with E-state index in [1.54, 1.807) is 0 Å². The molecule has 0 aliphatic carbocycles. The molecule has 1 fully saturated rings. The van der Waals surface area contributed by atoms with E-state index in [1.165, 1.54) is 21.2 Å². The molecule has 1 amide bonds. The normalized spacial score (nSPS) is 17.5. The molecule has 0 saturated carbocycles. The van der Waals surface area contributed by atoms with E-state index in [9.17, 15) is 4.79 Å². The van der Waals surface area contributed by atoms with E-state index in [0.717, 1.165) is 12.8 Å².